The van der Waals surface area contributed by atoms with Gasteiger partial charge in [-0.1, -0.05) is 121 Å². The van der Waals surface area contributed by atoms with Crippen LogP contribution in [0, 0.1) is 0 Å². The molecule has 0 N–H and O–H groups in total. The van der Waals surface area contributed by atoms with E-state index >= 15 is 0 Å². The number of hydrogen-bond donors (Lipinski definition) is 0. The number of fused-ring (bicyclic) bond motifs is 18. The first kappa shape index (κ1) is 27.0. The van der Waals surface area contributed by atoms with Crippen molar-refractivity contribution in [2.75, 3.05) is 0 Å². The molecule has 0 aliphatic rings. The van der Waals surface area contributed by atoms with Gasteiger partial charge in [0.05, 0.1) is 11.0 Å². The molecule has 0 saturated carbocycles. The minimum atomic E-state index is 0.892. The Labute approximate surface area is 291 Å². The van der Waals surface area contributed by atoms with Gasteiger partial charge in [-0.25, -0.2) is 0 Å². The van der Waals surface area contributed by atoms with E-state index in [1.807, 2.05) is 12.1 Å². The van der Waals surface area contributed by atoms with Crippen LogP contribution in [0.15, 0.2) is 173 Å². The zero-order valence-corrected chi connectivity index (χ0v) is 27.4. The first-order valence-corrected chi connectivity index (χ1v) is 17.4. The zero-order valence-electron chi connectivity index (χ0n) is 27.4. The fraction of sp³-hybridized carbons (Fsp3) is 0. The van der Waals surface area contributed by atoms with Gasteiger partial charge in [0.2, 0.25) is 0 Å². The number of benzene rings is 9. The second-order valence-corrected chi connectivity index (χ2v) is 13.6. The maximum Gasteiger partial charge on any atom is 0.160 e. The average Bonchev–Trinajstić information content (AvgIpc) is 3.87. The second kappa shape index (κ2) is 9.87. The van der Waals surface area contributed by atoms with Crippen LogP contribution < -0.4 is 0 Å². The van der Waals surface area contributed by atoms with Gasteiger partial charge in [0, 0.05) is 48.8 Å². The summed E-state index contributed by atoms with van der Waals surface area (Å²) in [5.41, 5.74) is 9.14. The van der Waals surface area contributed by atoms with Crippen molar-refractivity contribution in [3.05, 3.63) is 164 Å². The Morgan fingerprint density at radius 1 is 0.333 bits per heavy atom. The highest BCUT2D eigenvalue weighted by Gasteiger charge is 2.25. The summed E-state index contributed by atoms with van der Waals surface area (Å²) in [4.78, 5) is 0. The van der Waals surface area contributed by atoms with Gasteiger partial charge in [0.25, 0.3) is 0 Å². The predicted octanol–water partition coefficient (Wildman–Crippen LogP) is 13.7. The van der Waals surface area contributed by atoms with Crippen LogP contribution in [-0.2, 0) is 0 Å². The minimum absolute atomic E-state index is 0.892. The topological polar surface area (TPSA) is 31.2 Å². The lowest BCUT2D eigenvalue weighted by molar-refractivity contribution is 0.669. The Hall–Kier alpha value is -6.84. The van der Waals surface area contributed by atoms with Gasteiger partial charge >= 0.3 is 0 Å². The molecule has 3 nitrogen and oxygen atoms in total. The van der Waals surface area contributed by atoms with E-state index in [1.165, 1.54) is 43.1 Å². The van der Waals surface area contributed by atoms with E-state index in [1.54, 1.807) is 0 Å². The summed E-state index contributed by atoms with van der Waals surface area (Å²) in [5.74, 6) is 0. The highest BCUT2D eigenvalue weighted by molar-refractivity contribution is 6.44. The number of hydrogen-bond acceptors (Lipinski definition) is 2. The molecule has 51 heavy (non-hydrogen) atoms. The Morgan fingerprint density at radius 2 is 0.902 bits per heavy atom. The first-order chi connectivity index (χ1) is 25.3. The fourth-order valence-corrected chi connectivity index (χ4v) is 8.83. The molecule has 236 valence electrons. The van der Waals surface area contributed by atoms with Gasteiger partial charge in [0.1, 0.15) is 16.7 Å². The average molecular weight is 650 g/mol. The summed E-state index contributed by atoms with van der Waals surface area (Å²) in [6.45, 7) is 0. The molecule has 0 saturated heterocycles. The summed E-state index contributed by atoms with van der Waals surface area (Å²) in [7, 11) is 0. The van der Waals surface area contributed by atoms with E-state index in [-0.39, 0.29) is 0 Å². The van der Waals surface area contributed by atoms with Crippen LogP contribution in [0.3, 0.4) is 0 Å². The summed E-state index contributed by atoms with van der Waals surface area (Å²) in [6, 6.07) is 58.7. The maximum atomic E-state index is 6.99. The molecule has 0 aliphatic carbocycles. The van der Waals surface area contributed by atoms with Crippen molar-refractivity contribution in [3.63, 3.8) is 0 Å². The van der Waals surface area contributed by atoms with Crippen molar-refractivity contribution in [2.24, 2.45) is 0 Å². The van der Waals surface area contributed by atoms with Crippen LogP contribution in [0.1, 0.15) is 0 Å². The van der Waals surface area contributed by atoms with Crippen LogP contribution in [0.4, 0.5) is 0 Å². The minimum Gasteiger partial charge on any atom is -0.456 e. The lowest BCUT2D eigenvalue weighted by Crippen LogP contribution is -1.95. The van der Waals surface area contributed by atoms with Crippen molar-refractivity contribution < 1.29 is 8.83 Å². The van der Waals surface area contributed by atoms with Crippen LogP contribution in [0.2, 0.25) is 0 Å². The monoisotopic (exact) mass is 649 g/mol. The molecule has 0 bridgehead atoms. The van der Waals surface area contributed by atoms with Gasteiger partial charge in [-0.15, -0.1) is 0 Å². The number of nitrogens with zero attached hydrogens (tertiary/aromatic N) is 1. The van der Waals surface area contributed by atoms with Crippen molar-refractivity contribution in [1.82, 2.24) is 4.57 Å². The van der Waals surface area contributed by atoms with E-state index in [0.717, 1.165) is 71.7 Å². The van der Waals surface area contributed by atoms with Crippen molar-refractivity contribution in [2.45, 2.75) is 0 Å². The molecule has 3 heteroatoms. The van der Waals surface area contributed by atoms with E-state index < -0.39 is 0 Å². The lowest BCUT2D eigenvalue weighted by Gasteiger charge is -2.14. The van der Waals surface area contributed by atoms with Crippen molar-refractivity contribution >= 4 is 98.0 Å². The van der Waals surface area contributed by atoms with E-state index in [0.29, 0.717) is 0 Å². The third-order valence-corrected chi connectivity index (χ3v) is 10.9. The SMILES string of the molecule is c1cc(-c2ccc3c(c2)oc2ccccc23)cc(-n2c3ccccc3c3c4c5ccccc5c5ccccc5c4c4c5ccccc5oc4c32)c1. The van der Waals surface area contributed by atoms with Gasteiger partial charge in [-0.05, 0) is 75.1 Å². The maximum absolute atomic E-state index is 6.99. The molecule has 0 spiro atoms. The quantitative estimate of drug-likeness (QED) is 0.175. The molecule has 0 fully saturated rings. The molecular weight excluding hydrogens is 623 g/mol. The summed E-state index contributed by atoms with van der Waals surface area (Å²) in [5, 5.41) is 14.5. The number of rotatable bonds is 2. The normalized spacial score (nSPS) is 12.3. The molecule has 0 atom stereocenters. The number of aromatic nitrogens is 1. The van der Waals surface area contributed by atoms with E-state index in [4.69, 9.17) is 8.83 Å². The molecule has 3 heterocycles. The smallest absolute Gasteiger partial charge is 0.160 e. The number of furan rings is 2. The fourth-order valence-electron chi connectivity index (χ4n) is 8.83. The zero-order chi connectivity index (χ0) is 33.2. The van der Waals surface area contributed by atoms with Gasteiger partial charge in [-0.2, -0.15) is 0 Å². The van der Waals surface area contributed by atoms with Crippen LogP contribution in [-0.4, -0.2) is 4.57 Å². The Morgan fingerprint density at radius 3 is 1.67 bits per heavy atom. The van der Waals surface area contributed by atoms with E-state index in [9.17, 15) is 0 Å². The third-order valence-electron chi connectivity index (χ3n) is 10.9. The molecule has 0 amide bonds. The molecule has 9 aromatic carbocycles. The largest absolute Gasteiger partial charge is 0.456 e. The number of para-hydroxylation sites is 3. The second-order valence-electron chi connectivity index (χ2n) is 13.6. The molecule has 0 radical (unpaired) electrons. The van der Waals surface area contributed by atoms with Gasteiger partial charge < -0.3 is 13.4 Å². The third kappa shape index (κ3) is 3.57. The highest BCUT2D eigenvalue weighted by Crippen LogP contribution is 2.50. The Balaban J connectivity index is 1.26. The lowest BCUT2D eigenvalue weighted by atomic mass is 9.89. The Bertz CT molecular complexity index is 3430. The summed E-state index contributed by atoms with van der Waals surface area (Å²) >= 11 is 0. The van der Waals surface area contributed by atoms with Gasteiger partial charge in [-0.3, -0.25) is 0 Å². The molecule has 0 aliphatic heterocycles. The highest BCUT2D eigenvalue weighted by atomic mass is 16.3. The van der Waals surface area contributed by atoms with Crippen molar-refractivity contribution in [3.8, 4) is 16.8 Å². The van der Waals surface area contributed by atoms with Crippen molar-refractivity contribution in [1.29, 1.82) is 0 Å². The summed E-state index contributed by atoms with van der Waals surface area (Å²) < 4.78 is 15.7. The Kier molecular flexibility index (Phi) is 5.23. The standard InChI is InChI=1S/C48H27NO2/c1-3-17-35-31(14-1)32-15-2-4-18-36(32)44-43(35)45-37-19-5-8-21-39(37)49(47(45)48-46(44)38-20-7-10-23-41(38)51-48)30-13-11-12-28(26-30)29-24-25-34-33-16-6-9-22-40(33)50-42(34)27-29/h1-27H. The van der Waals surface area contributed by atoms with E-state index in [2.05, 4.69) is 156 Å². The molecule has 12 aromatic rings. The van der Waals surface area contributed by atoms with Crippen LogP contribution in [0.5, 0.6) is 0 Å². The molecule has 0 unspecified atom stereocenters. The molecule has 12 rings (SSSR count). The molecular formula is C48H27NO2. The van der Waals surface area contributed by atoms with Crippen LogP contribution >= 0.6 is 0 Å². The first-order valence-electron chi connectivity index (χ1n) is 17.4. The predicted molar refractivity (Wildman–Crippen MR) is 213 cm³/mol. The summed E-state index contributed by atoms with van der Waals surface area (Å²) in [6.07, 6.45) is 0. The van der Waals surface area contributed by atoms with Gasteiger partial charge in [0.15, 0.2) is 5.58 Å². The van der Waals surface area contributed by atoms with Crippen LogP contribution in [0.25, 0.3) is 115 Å². The molecule has 3 aromatic heterocycles.